The molecule has 0 heterocycles. The molecule has 0 amide bonds. The van der Waals surface area contributed by atoms with Crippen molar-refractivity contribution in [3.8, 4) is 0 Å². The molecular weight excluding hydrogens is 438 g/mol. The van der Waals surface area contributed by atoms with Crippen LogP contribution in [0.15, 0.2) is 0 Å². The van der Waals surface area contributed by atoms with Gasteiger partial charge in [0.05, 0.1) is 11.8 Å². The molecule has 6 heteroatoms. The third-order valence-corrected chi connectivity index (χ3v) is 3.39. The monoisotopic (exact) mass is 452 g/mol. The predicted octanol–water partition coefficient (Wildman–Crippen LogP) is 2.66. The van der Waals surface area contributed by atoms with Crippen molar-refractivity contribution in [1.29, 1.82) is 0 Å². The molecule has 0 aliphatic heterocycles. The Bertz CT molecular complexity index is 231. The summed E-state index contributed by atoms with van der Waals surface area (Å²) in [6.07, 6.45) is 3.43. The van der Waals surface area contributed by atoms with Crippen LogP contribution in [-0.4, -0.2) is 21.2 Å². The van der Waals surface area contributed by atoms with Crippen LogP contribution >= 0.6 is 45.2 Å². The molecule has 0 N–H and O–H groups in total. The highest BCUT2D eigenvalue weighted by Crippen LogP contribution is 2.32. The summed E-state index contributed by atoms with van der Waals surface area (Å²) in [7, 11) is 0. The van der Waals surface area contributed by atoms with Crippen LogP contribution in [0, 0.1) is 11.8 Å². The van der Waals surface area contributed by atoms with Gasteiger partial charge in [-0.3, -0.25) is 9.59 Å². The number of esters is 2. The molecule has 1 unspecified atom stereocenters. The first-order chi connectivity index (χ1) is 7.70. The van der Waals surface area contributed by atoms with Crippen LogP contribution in [0.1, 0.15) is 25.7 Å². The molecule has 1 saturated carbocycles. The Morgan fingerprint density at radius 2 is 1.31 bits per heavy atom. The number of halogens is 2. The summed E-state index contributed by atoms with van der Waals surface area (Å²) in [5.41, 5.74) is 0. The van der Waals surface area contributed by atoms with Gasteiger partial charge in [0.25, 0.3) is 0 Å². The minimum Gasteiger partial charge on any atom is -0.455 e. The van der Waals surface area contributed by atoms with E-state index < -0.39 is 0 Å². The number of hydrogen-bond acceptors (Lipinski definition) is 4. The second-order valence-corrected chi connectivity index (χ2v) is 4.89. The van der Waals surface area contributed by atoms with Crippen LogP contribution in [0.4, 0.5) is 0 Å². The maximum Gasteiger partial charge on any atom is 0.310 e. The smallest absolute Gasteiger partial charge is 0.310 e. The third kappa shape index (κ3) is 4.01. The molecule has 92 valence electrons. The van der Waals surface area contributed by atoms with E-state index in [2.05, 4.69) is 0 Å². The second kappa shape index (κ2) is 7.67. The van der Waals surface area contributed by atoms with Gasteiger partial charge >= 0.3 is 11.9 Å². The van der Waals surface area contributed by atoms with E-state index in [0.29, 0.717) is 9.23 Å². The summed E-state index contributed by atoms with van der Waals surface area (Å²) in [5.74, 6) is -1.13. The standard InChI is InChI=1S/C10H14I2O4/c11-5-15-9(13)7-3-1-2-4-8(7)10(14)16-6-12/h7-8H,1-6H2/t7-,8?/m0/s1. The molecule has 1 rings (SSSR count). The highest BCUT2D eigenvalue weighted by molar-refractivity contribution is 14.1. The molecule has 1 aliphatic carbocycles. The van der Waals surface area contributed by atoms with E-state index in [9.17, 15) is 9.59 Å². The molecule has 0 aromatic rings. The molecule has 1 aliphatic rings. The summed E-state index contributed by atoms with van der Waals surface area (Å²) in [4.78, 5) is 23.4. The number of carbonyl (C=O) groups is 2. The Labute approximate surface area is 122 Å². The summed E-state index contributed by atoms with van der Waals surface area (Å²) < 4.78 is 10.6. The minimum atomic E-state index is -0.307. The number of alkyl halides is 2. The summed E-state index contributed by atoms with van der Waals surface area (Å²) >= 11 is 3.96. The van der Waals surface area contributed by atoms with Crippen molar-refractivity contribution in [2.75, 3.05) is 9.23 Å². The first-order valence-electron chi connectivity index (χ1n) is 5.16. The zero-order valence-corrected chi connectivity index (χ0v) is 13.1. The van der Waals surface area contributed by atoms with E-state index in [1.54, 1.807) is 0 Å². The SMILES string of the molecule is O=C(OCI)C1CCCC[C@@H]1C(=O)OCI. The maximum absolute atomic E-state index is 11.7. The molecule has 0 bridgehead atoms. The zero-order chi connectivity index (χ0) is 12.0. The summed E-state index contributed by atoms with van der Waals surface area (Å²) in [6.45, 7) is 0. The fourth-order valence-electron chi connectivity index (χ4n) is 2.02. The average Bonchev–Trinajstić information content (AvgIpc) is 2.30. The lowest BCUT2D eigenvalue weighted by molar-refractivity contribution is -0.159. The van der Waals surface area contributed by atoms with Crippen molar-refractivity contribution < 1.29 is 19.1 Å². The highest BCUT2D eigenvalue weighted by Gasteiger charge is 2.37. The number of ether oxygens (including phenoxy) is 2. The fourth-order valence-corrected chi connectivity index (χ4v) is 2.63. The van der Waals surface area contributed by atoms with Crippen molar-refractivity contribution in [2.24, 2.45) is 11.8 Å². The number of hydrogen-bond donors (Lipinski definition) is 0. The largest absolute Gasteiger partial charge is 0.455 e. The van der Waals surface area contributed by atoms with Gasteiger partial charge in [0.2, 0.25) is 0 Å². The van der Waals surface area contributed by atoms with Crippen LogP contribution in [0.5, 0.6) is 0 Å². The first kappa shape index (κ1) is 14.5. The number of carbonyl (C=O) groups excluding carboxylic acids is 2. The first-order valence-corrected chi connectivity index (χ1v) is 8.21. The lowest BCUT2D eigenvalue weighted by atomic mass is 9.79. The fraction of sp³-hybridized carbons (Fsp3) is 0.800. The van der Waals surface area contributed by atoms with Crippen molar-refractivity contribution in [1.82, 2.24) is 0 Å². The Kier molecular flexibility index (Phi) is 6.94. The van der Waals surface area contributed by atoms with Crippen LogP contribution in [0.2, 0.25) is 0 Å². The van der Waals surface area contributed by atoms with Crippen molar-refractivity contribution in [2.45, 2.75) is 25.7 Å². The van der Waals surface area contributed by atoms with Crippen LogP contribution in [-0.2, 0) is 19.1 Å². The summed E-state index contributed by atoms with van der Waals surface area (Å²) in [6, 6.07) is 0. The van der Waals surface area contributed by atoms with Gasteiger partial charge in [-0.25, -0.2) is 0 Å². The Morgan fingerprint density at radius 3 is 1.62 bits per heavy atom. The molecule has 0 saturated heterocycles. The lowest BCUT2D eigenvalue weighted by Crippen LogP contribution is -2.34. The molecular formula is C10H14I2O4. The van der Waals surface area contributed by atoms with Crippen molar-refractivity contribution in [3.05, 3.63) is 0 Å². The van der Waals surface area contributed by atoms with Gasteiger partial charge in [0.1, 0.15) is 9.23 Å². The molecule has 0 radical (unpaired) electrons. The van der Waals surface area contributed by atoms with Gasteiger partial charge in [-0.2, -0.15) is 0 Å². The maximum atomic E-state index is 11.7. The topological polar surface area (TPSA) is 52.6 Å². The molecule has 0 aromatic carbocycles. The van der Waals surface area contributed by atoms with E-state index in [1.807, 2.05) is 45.2 Å². The van der Waals surface area contributed by atoms with E-state index in [-0.39, 0.29) is 23.8 Å². The van der Waals surface area contributed by atoms with E-state index in [0.717, 1.165) is 25.7 Å². The number of rotatable bonds is 4. The quantitative estimate of drug-likeness (QED) is 0.374. The Morgan fingerprint density at radius 1 is 0.938 bits per heavy atom. The van der Waals surface area contributed by atoms with Crippen molar-refractivity contribution in [3.63, 3.8) is 0 Å². The van der Waals surface area contributed by atoms with Gasteiger partial charge in [0.15, 0.2) is 0 Å². The molecule has 16 heavy (non-hydrogen) atoms. The second-order valence-electron chi connectivity index (χ2n) is 3.64. The average molecular weight is 452 g/mol. The molecule has 2 atom stereocenters. The minimum absolute atomic E-state index is 0.260. The van der Waals surface area contributed by atoms with Crippen LogP contribution in [0.3, 0.4) is 0 Å². The van der Waals surface area contributed by atoms with Crippen LogP contribution < -0.4 is 0 Å². The van der Waals surface area contributed by atoms with Gasteiger partial charge in [-0.15, -0.1) is 0 Å². The van der Waals surface area contributed by atoms with Gasteiger partial charge in [-0.1, -0.05) is 12.8 Å². The van der Waals surface area contributed by atoms with E-state index in [1.165, 1.54) is 0 Å². The predicted molar refractivity (Wildman–Crippen MR) is 75.4 cm³/mol. The molecule has 4 nitrogen and oxygen atoms in total. The van der Waals surface area contributed by atoms with E-state index in [4.69, 9.17) is 9.47 Å². The third-order valence-electron chi connectivity index (χ3n) is 2.77. The Hall–Kier alpha value is 0.400. The van der Waals surface area contributed by atoms with Gasteiger partial charge in [-0.05, 0) is 58.0 Å². The molecule has 0 spiro atoms. The summed E-state index contributed by atoms with van der Waals surface area (Å²) in [5, 5.41) is 0. The molecule has 0 aromatic heterocycles. The van der Waals surface area contributed by atoms with E-state index >= 15 is 0 Å². The Balaban J connectivity index is 2.63. The van der Waals surface area contributed by atoms with Crippen molar-refractivity contribution >= 4 is 57.1 Å². The van der Waals surface area contributed by atoms with Gasteiger partial charge < -0.3 is 9.47 Å². The molecule has 1 fully saturated rings. The lowest BCUT2D eigenvalue weighted by Gasteiger charge is -2.27. The van der Waals surface area contributed by atoms with Crippen LogP contribution in [0.25, 0.3) is 0 Å². The normalized spacial score (nSPS) is 24.9. The highest BCUT2D eigenvalue weighted by atomic mass is 127. The zero-order valence-electron chi connectivity index (χ0n) is 8.79. The van der Waals surface area contributed by atoms with Gasteiger partial charge in [0, 0.05) is 0 Å².